The van der Waals surface area contributed by atoms with Crippen LogP contribution < -0.4 is 11.5 Å². The van der Waals surface area contributed by atoms with E-state index in [9.17, 15) is 18.9 Å². The number of nitro groups is 1. The van der Waals surface area contributed by atoms with E-state index in [0.29, 0.717) is 25.2 Å². The van der Waals surface area contributed by atoms with E-state index in [0.717, 1.165) is 30.5 Å². The fourth-order valence-corrected chi connectivity index (χ4v) is 3.51. The highest BCUT2D eigenvalue weighted by Gasteiger charge is 2.27. The van der Waals surface area contributed by atoms with Crippen LogP contribution in [0.4, 0.5) is 25.8 Å². The molecule has 0 aliphatic carbocycles. The zero-order valence-corrected chi connectivity index (χ0v) is 14.1. The van der Waals surface area contributed by atoms with Gasteiger partial charge in [0.25, 0.3) is 0 Å². The molecule has 3 rings (SSSR count). The number of nitro benzene ring substituents is 1. The summed E-state index contributed by atoms with van der Waals surface area (Å²) in [5.74, 6) is -0.812. The lowest BCUT2D eigenvalue weighted by Crippen LogP contribution is -2.33. The van der Waals surface area contributed by atoms with Gasteiger partial charge in [-0.25, -0.2) is 8.78 Å². The number of nitrogens with two attached hydrogens (primary N) is 2. The lowest BCUT2D eigenvalue weighted by Gasteiger charge is -2.32. The quantitative estimate of drug-likeness (QED) is 0.493. The summed E-state index contributed by atoms with van der Waals surface area (Å²) in [6, 6.07) is 6.69. The molecule has 1 aliphatic rings. The lowest BCUT2D eigenvalue weighted by molar-refractivity contribution is -0.383. The van der Waals surface area contributed by atoms with Crippen molar-refractivity contribution in [2.45, 2.75) is 25.3 Å². The Morgan fingerprint density at radius 3 is 2.50 bits per heavy atom. The van der Waals surface area contributed by atoms with E-state index < -0.39 is 16.6 Å². The molecule has 2 aromatic carbocycles. The van der Waals surface area contributed by atoms with E-state index in [4.69, 9.17) is 11.5 Å². The summed E-state index contributed by atoms with van der Waals surface area (Å²) < 4.78 is 27.1. The molecule has 1 heterocycles. The number of piperidine rings is 1. The third-order valence-electron chi connectivity index (χ3n) is 4.89. The van der Waals surface area contributed by atoms with Gasteiger partial charge in [0.2, 0.25) is 0 Å². The molecular formula is C18H20F2N4O2. The summed E-state index contributed by atoms with van der Waals surface area (Å²) in [4.78, 5) is 12.6. The zero-order chi connectivity index (χ0) is 18.8. The first-order chi connectivity index (χ1) is 12.4. The zero-order valence-electron chi connectivity index (χ0n) is 14.1. The number of hydrogen-bond acceptors (Lipinski definition) is 5. The monoisotopic (exact) mass is 362 g/mol. The van der Waals surface area contributed by atoms with Gasteiger partial charge in [-0.1, -0.05) is 6.07 Å². The Morgan fingerprint density at radius 1 is 1.15 bits per heavy atom. The molecule has 4 N–H and O–H groups in total. The van der Waals surface area contributed by atoms with Crippen LogP contribution in [0.3, 0.4) is 0 Å². The van der Waals surface area contributed by atoms with Crippen LogP contribution in [0, 0.1) is 21.7 Å². The number of hydrogen-bond donors (Lipinski definition) is 2. The van der Waals surface area contributed by atoms with Crippen molar-refractivity contribution in [1.29, 1.82) is 0 Å². The summed E-state index contributed by atoms with van der Waals surface area (Å²) in [6.07, 6.45) is 1.45. The van der Waals surface area contributed by atoms with Crippen molar-refractivity contribution in [3.63, 3.8) is 0 Å². The van der Waals surface area contributed by atoms with Crippen molar-refractivity contribution in [3.8, 4) is 0 Å². The van der Waals surface area contributed by atoms with Crippen molar-refractivity contribution in [2.24, 2.45) is 0 Å². The fraction of sp³-hybridized carbons (Fsp3) is 0.333. The highest BCUT2D eigenvalue weighted by molar-refractivity contribution is 5.76. The van der Waals surface area contributed by atoms with Gasteiger partial charge in [-0.3, -0.25) is 15.0 Å². The second-order valence-electron chi connectivity index (χ2n) is 6.55. The Balaban J connectivity index is 1.70. The van der Waals surface area contributed by atoms with Gasteiger partial charge < -0.3 is 11.5 Å². The van der Waals surface area contributed by atoms with E-state index in [2.05, 4.69) is 0 Å². The maximum atomic E-state index is 13.8. The van der Waals surface area contributed by atoms with E-state index >= 15 is 0 Å². The fourth-order valence-electron chi connectivity index (χ4n) is 3.51. The van der Waals surface area contributed by atoms with Crippen LogP contribution in [0.5, 0.6) is 0 Å². The van der Waals surface area contributed by atoms with Crippen LogP contribution in [0.15, 0.2) is 30.3 Å². The molecule has 0 unspecified atom stereocenters. The van der Waals surface area contributed by atoms with Crippen LogP contribution in [0.25, 0.3) is 0 Å². The van der Waals surface area contributed by atoms with E-state index in [1.165, 1.54) is 12.1 Å². The SMILES string of the molecule is Nc1ccc(C2CCN(Cc3cc(F)ccc3F)CC2)c(N)c1[N+](=O)[O-]. The molecule has 2 aromatic rings. The molecule has 0 saturated carbocycles. The third kappa shape index (κ3) is 3.60. The number of rotatable bonds is 4. The van der Waals surface area contributed by atoms with Crippen molar-refractivity contribution in [1.82, 2.24) is 4.90 Å². The minimum absolute atomic E-state index is 0.0512. The Morgan fingerprint density at radius 2 is 1.85 bits per heavy atom. The molecule has 1 fully saturated rings. The predicted molar refractivity (Wildman–Crippen MR) is 95.5 cm³/mol. The van der Waals surface area contributed by atoms with Crippen LogP contribution in [-0.4, -0.2) is 22.9 Å². The van der Waals surface area contributed by atoms with Crippen molar-refractivity contribution in [2.75, 3.05) is 24.6 Å². The van der Waals surface area contributed by atoms with E-state index in [-0.39, 0.29) is 23.0 Å². The minimum Gasteiger partial charge on any atom is -0.393 e. The van der Waals surface area contributed by atoms with Crippen LogP contribution in [0.2, 0.25) is 0 Å². The van der Waals surface area contributed by atoms with Gasteiger partial charge in [-0.15, -0.1) is 0 Å². The standard InChI is InChI=1S/C18H20F2N4O2/c19-13-1-3-15(20)12(9-13)10-23-7-5-11(6-8-23)14-2-4-16(21)18(17(14)22)24(25)26/h1-4,9,11H,5-8,10,21-22H2. The number of nitrogens with zero attached hydrogens (tertiary/aromatic N) is 2. The molecule has 0 atom stereocenters. The summed E-state index contributed by atoms with van der Waals surface area (Å²) >= 11 is 0. The first-order valence-corrected chi connectivity index (χ1v) is 8.35. The molecule has 138 valence electrons. The molecular weight excluding hydrogens is 342 g/mol. The molecule has 26 heavy (non-hydrogen) atoms. The Bertz CT molecular complexity index is 836. The summed E-state index contributed by atoms with van der Waals surface area (Å²) in [5.41, 5.74) is 12.6. The molecule has 8 heteroatoms. The van der Waals surface area contributed by atoms with Crippen molar-refractivity contribution >= 4 is 17.1 Å². The Kier molecular flexibility index (Phi) is 5.03. The average Bonchev–Trinajstić information content (AvgIpc) is 2.59. The number of halogens is 2. The molecule has 6 nitrogen and oxygen atoms in total. The van der Waals surface area contributed by atoms with Gasteiger partial charge in [-0.05, 0) is 61.7 Å². The second kappa shape index (κ2) is 7.25. The summed E-state index contributed by atoms with van der Waals surface area (Å²) in [5, 5.41) is 11.2. The summed E-state index contributed by atoms with van der Waals surface area (Å²) in [7, 11) is 0. The molecule has 0 spiro atoms. The number of anilines is 2. The maximum absolute atomic E-state index is 13.8. The molecule has 1 saturated heterocycles. The lowest BCUT2D eigenvalue weighted by atomic mass is 9.87. The molecule has 0 aromatic heterocycles. The van der Waals surface area contributed by atoms with Gasteiger partial charge in [0.15, 0.2) is 0 Å². The van der Waals surface area contributed by atoms with Crippen molar-refractivity contribution < 1.29 is 13.7 Å². The van der Waals surface area contributed by atoms with Gasteiger partial charge in [0.1, 0.15) is 23.0 Å². The third-order valence-corrected chi connectivity index (χ3v) is 4.89. The minimum atomic E-state index is -0.560. The summed E-state index contributed by atoms with van der Waals surface area (Å²) in [6.45, 7) is 1.66. The largest absolute Gasteiger partial charge is 0.393 e. The van der Waals surface area contributed by atoms with Crippen molar-refractivity contribution in [3.05, 3.63) is 63.2 Å². The maximum Gasteiger partial charge on any atom is 0.315 e. The first kappa shape index (κ1) is 18.1. The predicted octanol–water partition coefficient (Wildman–Crippen LogP) is 3.42. The number of likely N-dealkylation sites (tertiary alicyclic amines) is 1. The van der Waals surface area contributed by atoms with Gasteiger partial charge in [0, 0.05) is 12.1 Å². The number of benzene rings is 2. The molecule has 0 bridgehead atoms. The molecule has 1 aliphatic heterocycles. The Hall–Kier alpha value is -2.74. The highest BCUT2D eigenvalue weighted by Crippen LogP contribution is 2.39. The number of nitrogen functional groups attached to an aromatic ring is 2. The highest BCUT2D eigenvalue weighted by atomic mass is 19.1. The Labute approximate surface area is 149 Å². The van der Waals surface area contributed by atoms with E-state index in [1.54, 1.807) is 6.07 Å². The topological polar surface area (TPSA) is 98.4 Å². The first-order valence-electron chi connectivity index (χ1n) is 8.35. The molecule has 0 radical (unpaired) electrons. The van der Waals surface area contributed by atoms with Crippen LogP contribution in [-0.2, 0) is 6.54 Å². The van der Waals surface area contributed by atoms with E-state index in [1.807, 2.05) is 4.90 Å². The second-order valence-corrected chi connectivity index (χ2v) is 6.55. The van der Waals surface area contributed by atoms with Gasteiger partial charge in [0.05, 0.1) is 4.92 Å². The normalized spacial score (nSPS) is 15.9. The van der Waals surface area contributed by atoms with Gasteiger partial charge >= 0.3 is 5.69 Å². The van der Waals surface area contributed by atoms with Gasteiger partial charge in [-0.2, -0.15) is 0 Å². The van der Waals surface area contributed by atoms with Crippen LogP contribution >= 0.6 is 0 Å². The van der Waals surface area contributed by atoms with Crippen LogP contribution in [0.1, 0.15) is 29.9 Å². The average molecular weight is 362 g/mol. The smallest absolute Gasteiger partial charge is 0.315 e. The molecule has 0 amide bonds.